The van der Waals surface area contributed by atoms with Crippen LogP contribution < -0.4 is 16.5 Å². The molecule has 0 saturated heterocycles. The topological polar surface area (TPSA) is 112 Å². The summed E-state index contributed by atoms with van der Waals surface area (Å²) in [7, 11) is 0. The molecule has 0 spiro atoms. The van der Waals surface area contributed by atoms with E-state index < -0.39 is 0 Å². The molecule has 7 nitrogen and oxygen atoms in total. The zero-order valence-corrected chi connectivity index (χ0v) is 21.0. The highest BCUT2D eigenvalue weighted by Gasteiger charge is 2.17. The van der Waals surface area contributed by atoms with Crippen LogP contribution in [0.2, 0.25) is 0 Å². The van der Waals surface area contributed by atoms with Gasteiger partial charge in [-0.2, -0.15) is 10.4 Å². The molecule has 2 aromatic carbocycles. The molecule has 3 rings (SSSR count). The minimum atomic E-state index is 0.113. The second-order valence-corrected chi connectivity index (χ2v) is 9.46. The molecular weight excluding hydrogens is 462 g/mol. The van der Waals surface area contributed by atoms with E-state index in [1.807, 2.05) is 61.5 Å². The van der Waals surface area contributed by atoms with Gasteiger partial charge in [-0.05, 0) is 49.2 Å². The number of anilines is 2. The minimum Gasteiger partial charge on any atom is -0.375 e. The van der Waals surface area contributed by atoms with Crippen molar-refractivity contribution in [2.45, 2.75) is 32.3 Å². The number of thiocarbonyl (C=S) groups is 1. The van der Waals surface area contributed by atoms with Crippen LogP contribution in [0.1, 0.15) is 38.3 Å². The van der Waals surface area contributed by atoms with Crippen LogP contribution in [0.3, 0.4) is 0 Å². The van der Waals surface area contributed by atoms with Crippen LogP contribution in [0.25, 0.3) is 11.3 Å². The second kappa shape index (κ2) is 12.1. The summed E-state index contributed by atoms with van der Waals surface area (Å²) in [4.78, 5) is 9.42. The quantitative estimate of drug-likeness (QED) is 0.119. The van der Waals surface area contributed by atoms with E-state index in [0.29, 0.717) is 28.1 Å². The molecule has 0 bridgehead atoms. The first-order valence-corrected chi connectivity index (χ1v) is 12.2. The van der Waals surface area contributed by atoms with E-state index in [1.54, 1.807) is 11.8 Å². The average Bonchev–Trinajstić information content (AvgIpc) is 2.83. The van der Waals surface area contributed by atoms with Crippen LogP contribution >= 0.6 is 24.0 Å². The molecule has 1 aromatic heterocycles. The van der Waals surface area contributed by atoms with Gasteiger partial charge in [0.2, 0.25) is 0 Å². The van der Waals surface area contributed by atoms with Crippen LogP contribution in [-0.4, -0.2) is 26.5 Å². The Hall–Kier alpha value is -3.48. The number of hydrogen-bond donors (Lipinski definition) is 3. The molecule has 0 aliphatic heterocycles. The molecule has 3 aromatic rings. The van der Waals surface area contributed by atoms with Crippen LogP contribution in [0, 0.1) is 17.2 Å². The van der Waals surface area contributed by atoms with E-state index in [9.17, 15) is 5.26 Å². The van der Waals surface area contributed by atoms with Gasteiger partial charge in [-0.25, -0.2) is 9.97 Å². The van der Waals surface area contributed by atoms with Gasteiger partial charge in [0.25, 0.3) is 0 Å². The van der Waals surface area contributed by atoms with Gasteiger partial charge < -0.3 is 11.1 Å². The molecule has 174 valence electrons. The average molecular weight is 490 g/mol. The van der Waals surface area contributed by atoms with Crippen molar-refractivity contribution in [3.63, 3.8) is 0 Å². The molecule has 0 radical (unpaired) electrons. The third-order valence-electron chi connectivity index (χ3n) is 4.87. The lowest BCUT2D eigenvalue weighted by molar-refractivity contribution is 0.631. The minimum absolute atomic E-state index is 0.113. The SMILES string of the molecule is C/C(=N/NC(N)=S)c1ccc(Nc2nc(SCCC(C)C)nc(-c3ccccc3)c2C#N)cc1. The largest absolute Gasteiger partial charge is 0.375 e. The summed E-state index contributed by atoms with van der Waals surface area (Å²) in [5.41, 5.74) is 12.4. The Morgan fingerprint density at radius 1 is 1.15 bits per heavy atom. The third kappa shape index (κ3) is 7.01. The Morgan fingerprint density at radius 3 is 2.47 bits per heavy atom. The van der Waals surface area contributed by atoms with Gasteiger partial charge in [0.1, 0.15) is 11.6 Å². The van der Waals surface area contributed by atoms with Gasteiger partial charge in [-0.1, -0.05) is 68.1 Å². The smallest absolute Gasteiger partial charge is 0.190 e. The van der Waals surface area contributed by atoms with Crippen LogP contribution in [0.15, 0.2) is 64.9 Å². The van der Waals surface area contributed by atoms with Crippen LogP contribution in [-0.2, 0) is 0 Å². The summed E-state index contributed by atoms with van der Waals surface area (Å²) in [5.74, 6) is 1.99. The van der Waals surface area contributed by atoms with E-state index >= 15 is 0 Å². The molecule has 0 fully saturated rings. The van der Waals surface area contributed by atoms with Crippen LogP contribution in [0.5, 0.6) is 0 Å². The van der Waals surface area contributed by atoms with Crippen LogP contribution in [0.4, 0.5) is 11.5 Å². The fourth-order valence-corrected chi connectivity index (χ4v) is 4.16. The van der Waals surface area contributed by atoms with Gasteiger partial charge in [0, 0.05) is 17.0 Å². The molecule has 0 aliphatic carbocycles. The number of hydrazone groups is 1. The highest BCUT2D eigenvalue weighted by Crippen LogP contribution is 2.31. The molecule has 0 aliphatic rings. The van der Waals surface area contributed by atoms with E-state index in [0.717, 1.165) is 34.7 Å². The summed E-state index contributed by atoms with van der Waals surface area (Å²) >= 11 is 6.39. The van der Waals surface area contributed by atoms with E-state index in [-0.39, 0.29) is 5.11 Å². The van der Waals surface area contributed by atoms with Gasteiger partial charge in [0.15, 0.2) is 16.1 Å². The number of nitriles is 1. The van der Waals surface area contributed by atoms with Crippen molar-refractivity contribution in [1.29, 1.82) is 5.26 Å². The van der Waals surface area contributed by atoms with Gasteiger partial charge in [0.05, 0.1) is 11.4 Å². The lowest BCUT2D eigenvalue weighted by atomic mass is 10.1. The summed E-state index contributed by atoms with van der Waals surface area (Å²) in [6, 6.07) is 19.7. The molecule has 0 amide bonds. The Morgan fingerprint density at radius 2 is 1.85 bits per heavy atom. The molecule has 1 heterocycles. The van der Waals surface area contributed by atoms with Crippen molar-refractivity contribution >= 4 is 46.3 Å². The van der Waals surface area contributed by atoms with Gasteiger partial charge in [-0.3, -0.25) is 5.43 Å². The number of thioether (sulfide) groups is 1. The molecule has 0 atom stereocenters. The summed E-state index contributed by atoms with van der Waals surface area (Å²) < 4.78 is 0. The number of nitrogens with one attached hydrogen (secondary N) is 2. The highest BCUT2D eigenvalue weighted by molar-refractivity contribution is 7.99. The molecule has 9 heteroatoms. The van der Waals surface area contributed by atoms with Crippen molar-refractivity contribution < 1.29 is 0 Å². The van der Waals surface area contributed by atoms with Crippen molar-refractivity contribution in [1.82, 2.24) is 15.4 Å². The maximum atomic E-state index is 9.98. The molecule has 0 unspecified atom stereocenters. The van der Waals surface area contributed by atoms with Crippen molar-refractivity contribution in [3.05, 3.63) is 65.7 Å². The van der Waals surface area contributed by atoms with Crippen molar-refractivity contribution in [3.8, 4) is 17.3 Å². The molecule has 4 N–H and O–H groups in total. The number of aromatic nitrogens is 2. The standard InChI is InChI=1S/C25H27N7S2/c1-16(2)13-14-34-25-29-22(19-7-5-4-6-8-19)21(15-26)23(30-25)28-20-11-9-18(10-12-20)17(3)31-32-24(27)33/h4-12,16H,13-14H2,1-3H3,(H3,27,32,33)(H,28,29,30)/b31-17-. The maximum absolute atomic E-state index is 9.98. The van der Waals surface area contributed by atoms with E-state index in [2.05, 4.69) is 40.7 Å². The Balaban J connectivity index is 1.93. The first-order chi connectivity index (χ1) is 16.4. The van der Waals surface area contributed by atoms with Gasteiger partial charge >= 0.3 is 0 Å². The fraction of sp³-hybridized carbons (Fsp3) is 0.240. The van der Waals surface area contributed by atoms with E-state index in [1.165, 1.54) is 0 Å². The maximum Gasteiger partial charge on any atom is 0.190 e. The fourth-order valence-electron chi connectivity index (χ4n) is 3.03. The Bertz CT molecular complexity index is 1200. The van der Waals surface area contributed by atoms with Crippen molar-refractivity contribution in [2.24, 2.45) is 16.8 Å². The molecular formula is C25H27N7S2. The highest BCUT2D eigenvalue weighted by atomic mass is 32.2. The Kier molecular flexibility index (Phi) is 8.96. The monoisotopic (exact) mass is 489 g/mol. The number of rotatable bonds is 9. The summed E-state index contributed by atoms with van der Waals surface area (Å²) in [6.07, 6.45) is 1.06. The first kappa shape index (κ1) is 25.1. The molecule has 0 saturated carbocycles. The number of benzene rings is 2. The number of nitrogens with zero attached hydrogens (tertiary/aromatic N) is 4. The zero-order valence-electron chi connectivity index (χ0n) is 19.4. The number of hydrogen-bond acceptors (Lipinski definition) is 7. The first-order valence-electron chi connectivity index (χ1n) is 10.8. The normalized spacial score (nSPS) is 11.2. The summed E-state index contributed by atoms with van der Waals surface area (Å²) in [5, 5.41) is 18.2. The van der Waals surface area contributed by atoms with Gasteiger partial charge in [-0.15, -0.1) is 0 Å². The lowest BCUT2D eigenvalue weighted by Crippen LogP contribution is -2.25. The zero-order chi connectivity index (χ0) is 24.5. The second-order valence-electron chi connectivity index (χ2n) is 7.96. The van der Waals surface area contributed by atoms with Crippen molar-refractivity contribution in [2.75, 3.05) is 11.1 Å². The Labute approximate surface area is 209 Å². The molecule has 34 heavy (non-hydrogen) atoms. The predicted molar refractivity (Wildman–Crippen MR) is 144 cm³/mol. The number of nitrogens with two attached hydrogens (primary N) is 1. The van der Waals surface area contributed by atoms with E-state index in [4.69, 9.17) is 22.9 Å². The lowest BCUT2D eigenvalue weighted by Gasteiger charge is -2.13. The third-order valence-corrected chi connectivity index (χ3v) is 5.84. The summed E-state index contributed by atoms with van der Waals surface area (Å²) in [6.45, 7) is 6.25. The predicted octanol–water partition coefficient (Wildman–Crippen LogP) is 5.45.